The molecule has 1 fully saturated rings. The number of rotatable bonds is 4. The van der Waals surface area contributed by atoms with Crippen LogP contribution in [0.3, 0.4) is 0 Å². The van der Waals surface area contributed by atoms with Crippen LogP contribution in [-0.2, 0) is 0 Å². The molecule has 0 aromatic carbocycles. The minimum atomic E-state index is -0.264. The number of thiophene rings is 1. The van der Waals surface area contributed by atoms with Crippen molar-refractivity contribution in [1.82, 2.24) is 4.90 Å². The third-order valence-corrected chi connectivity index (χ3v) is 4.44. The molecule has 0 radical (unpaired) electrons. The van der Waals surface area contributed by atoms with E-state index in [1.165, 1.54) is 25.9 Å². The first kappa shape index (κ1) is 12.1. The summed E-state index contributed by atoms with van der Waals surface area (Å²) in [4.78, 5) is 3.59. The van der Waals surface area contributed by atoms with E-state index in [-0.39, 0.29) is 6.10 Å². The number of nitrogens with zero attached hydrogens (tertiary/aromatic N) is 1. The first-order valence-corrected chi connectivity index (χ1v) is 7.07. The molecule has 0 bridgehead atoms. The van der Waals surface area contributed by atoms with Crippen LogP contribution < -0.4 is 0 Å². The molecular formula is C13H21NOS. The van der Waals surface area contributed by atoms with Crippen LogP contribution in [0.2, 0.25) is 0 Å². The number of piperidine rings is 1. The highest BCUT2D eigenvalue weighted by Gasteiger charge is 2.17. The van der Waals surface area contributed by atoms with E-state index in [2.05, 4.69) is 11.8 Å². The van der Waals surface area contributed by atoms with E-state index >= 15 is 0 Å². The molecule has 0 aliphatic carbocycles. The highest BCUT2D eigenvalue weighted by atomic mass is 32.1. The van der Waals surface area contributed by atoms with Crippen molar-refractivity contribution in [3.05, 3.63) is 22.4 Å². The topological polar surface area (TPSA) is 23.5 Å². The lowest BCUT2D eigenvalue weighted by Gasteiger charge is -2.30. The van der Waals surface area contributed by atoms with Gasteiger partial charge in [0.05, 0.1) is 6.10 Å². The van der Waals surface area contributed by atoms with Crippen LogP contribution in [0, 0.1) is 5.92 Å². The van der Waals surface area contributed by atoms with E-state index in [0.717, 1.165) is 23.8 Å². The SMILES string of the molecule is CC1CCN(CCC(O)c2cccs2)CC1. The molecule has 1 aliphatic heterocycles. The molecule has 3 heteroatoms. The molecule has 1 atom stereocenters. The summed E-state index contributed by atoms with van der Waals surface area (Å²) >= 11 is 1.65. The van der Waals surface area contributed by atoms with Crippen molar-refractivity contribution in [2.75, 3.05) is 19.6 Å². The molecule has 1 saturated heterocycles. The summed E-state index contributed by atoms with van der Waals surface area (Å²) < 4.78 is 0. The molecule has 2 rings (SSSR count). The fourth-order valence-electron chi connectivity index (χ4n) is 2.21. The minimum Gasteiger partial charge on any atom is -0.388 e. The number of aliphatic hydroxyl groups excluding tert-OH is 1. The number of hydrogen-bond acceptors (Lipinski definition) is 3. The second kappa shape index (κ2) is 5.80. The average molecular weight is 239 g/mol. The Hall–Kier alpha value is -0.380. The molecule has 16 heavy (non-hydrogen) atoms. The maximum absolute atomic E-state index is 9.98. The van der Waals surface area contributed by atoms with Gasteiger partial charge >= 0.3 is 0 Å². The quantitative estimate of drug-likeness (QED) is 0.873. The fraction of sp³-hybridized carbons (Fsp3) is 0.692. The molecule has 1 N–H and O–H groups in total. The van der Waals surface area contributed by atoms with Gasteiger partial charge in [0.1, 0.15) is 0 Å². The van der Waals surface area contributed by atoms with Crippen molar-refractivity contribution in [2.45, 2.75) is 32.3 Å². The third kappa shape index (κ3) is 3.30. The summed E-state index contributed by atoms with van der Waals surface area (Å²) in [5.74, 6) is 0.887. The van der Waals surface area contributed by atoms with Gasteiger partial charge in [0, 0.05) is 11.4 Å². The van der Waals surface area contributed by atoms with Crippen molar-refractivity contribution in [1.29, 1.82) is 0 Å². The normalized spacial score (nSPS) is 21.1. The van der Waals surface area contributed by atoms with Crippen LogP contribution in [0.25, 0.3) is 0 Å². The van der Waals surface area contributed by atoms with E-state index in [1.54, 1.807) is 11.3 Å². The average Bonchev–Trinajstić information content (AvgIpc) is 2.81. The highest BCUT2D eigenvalue weighted by molar-refractivity contribution is 7.10. The zero-order valence-electron chi connectivity index (χ0n) is 9.93. The first-order chi connectivity index (χ1) is 7.75. The third-order valence-electron chi connectivity index (χ3n) is 3.47. The largest absolute Gasteiger partial charge is 0.388 e. The molecule has 1 aliphatic rings. The summed E-state index contributed by atoms with van der Waals surface area (Å²) in [6, 6.07) is 4.03. The van der Waals surface area contributed by atoms with Gasteiger partial charge in [-0.1, -0.05) is 13.0 Å². The van der Waals surface area contributed by atoms with E-state index in [4.69, 9.17) is 0 Å². The Morgan fingerprint density at radius 2 is 2.25 bits per heavy atom. The second-order valence-electron chi connectivity index (χ2n) is 4.84. The van der Waals surface area contributed by atoms with Gasteiger partial charge in [0.25, 0.3) is 0 Å². The van der Waals surface area contributed by atoms with Crippen LogP contribution in [0.15, 0.2) is 17.5 Å². The summed E-state index contributed by atoms with van der Waals surface area (Å²) in [5.41, 5.74) is 0. The Morgan fingerprint density at radius 1 is 1.50 bits per heavy atom. The zero-order chi connectivity index (χ0) is 11.4. The van der Waals surface area contributed by atoms with Crippen LogP contribution in [-0.4, -0.2) is 29.6 Å². The van der Waals surface area contributed by atoms with Gasteiger partial charge in [-0.15, -0.1) is 11.3 Å². The molecule has 1 aromatic heterocycles. The van der Waals surface area contributed by atoms with Crippen molar-refractivity contribution in [3.8, 4) is 0 Å². The van der Waals surface area contributed by atoms with E-state index in [0.29, 0.717) is 0 Å². The maximum Gasteiger partial charge on any atom is 0.0894 e. The van der Waals surface area contributed by atoms with Crippen LogP contribution in [0.4, 0.5) is 0 Å². The Morgan fingerprint density at radius 3 is 2.88 bits per heavy atom. The van der Waals surface area contributed by atoms with Gasteiger partial charge in [-0.05, 0) is 49.7 Å². The monoisotopic (exact) mass is 239 g/mol. The van der Waals surface area contributed by atoms with Gasteiger partial charge in [-0.3, -0.25) is 0 Å². The first-order valence-electron chi connectivity index (χ1n) is 6.19. The number of likely N-dealkylation sites (tertiary alicyclic amines) is 1. The summed E-state index contributed by atoms with van der Waals surface area (Å²) in [6.45, 7) is 5.78. The second-order valence-corrected chi connectivity index (χ2v) is 5.82. The van der Waals surface area contributed by atoms with Crippen molar-refractivity contribution in [3.63, 3.8) is 0 Å². The number of hydrogen-bond donors (Lipinski definition) is 1. The lowest BCUT2D eigenvalue weighted by molar-refractivity contribution is 0.127. The number of aliphatic hydroxyl groups is 1. The fourth-order valence-corrected chi connectivity index (χ4v) is 2.96. The summed E-state index contributed by atoms with van der Waals surface area (Å²) in [5, 5.41) is 12.0. The van der Waals surface area contributed by atoms with Crippen LogP contribution in [0.1, 0.15) is 37.2 Å². The predicted molar refractivity (Wildman–Crippen MR) is 68.7 cm³/mol. The standard InChI is InChI=1S/C13H21NOS/c1-11-4-7-14(8-5-11)9-6-12(15)13-3-2-10-16-13/h2-3,10-12,15H,4-9H2,1H3. The molecule has 2 heterocycles. The zero-order valence-corrected chi connectivity index (χ0v) is 10.7. The van der Waals surface area contributed by atoms with Gasteiger partial charge in [0.2, 0.25) is 0 Å². The van der Waals surface area contributed by atoms with E-state index in [1.807, 2.05) is 17.5 Å². The van der Waals surface area contributed by atoms with Crippen molar-refractivity contribution in [2.24, 2.45) is 5.92 Å². The Bertz CT molecular complexity index is 291. The van der Waals surface area contributed by atoms with Crippen LogP contribution in [0.5, 0.6) is 0 Å². The van der Waals surface area contributed by atoms with Crippen molar-refractivity contribution >= 4 is 11.3 Å². The lowest BCUT2D eigenvalue weighted by atomic mass is 9.99. The maximum atomic E-state index is 9.98. The van der Waals surface area contributed by atoms with Crippen molar-refractivity contribution < 1.29 is 5.11 Å². The molecule has 0 spiro atoms. The van der Waals surface area contributed by atoms with Gasteiger partial charge in [-0.25, -0.2) is 0 Å². The highest BCUT2D eigenvalue weighted by Crippen LogP contribution is 2.23. The molecule has 0 amide bonds. The smallest absolute Gasteiger partial charge is 0.0894 e. The minimum absolute atomic E-state index is 0.264. The summed E-state index contributed by atoms with van der Waals surface area (Å²) in [6.07, 6.45) is 3.23. The molecule has 1 unspecified atom stereocenters. The van der Waals surface area contributed by atoms with Gasteiger partial charge in [-0.2, -0.15) is 0 Å². The van der Waals surface area contributed by atoms with E-state index in [9.17, 15) is 5.11 Å². The molecule has 0 saturated carbocycles. The Labute approximate surface area is 102 Å². The molecule has 2 nitrogen and oxygen atoms in total. The molecule has 1 aromatic rings. The van der Waals surface area contributed by atoms with Gasteiger partial charge < -0.3 is 10.0 Å². The summed E-state index contributed by atoms with van der Waals surface area (Å²) in [7, 11) is 0. The Kier molecular flexibility index (Phi) is 4.38. The van der Waals surface area contributed by atoms with E-state index < -0.39 is 0 Å². The van der Waals surface area contributed by atoms with Crippen LogP contribution >= 0.6 is 11.3 Å². The Balaban J connectivity index is 1.71. The molecule has 90 valence electrons. The van der Waals surface area contributed by atoms with Gasteiger partial charge in [0.15, 0.2) is 0 Å². The lowest BCUT2D eigenvalue weighted by Crippen LogP contribution is -2.34. The predicted octanol–water partition coefficient (Wildman–Crippen LogP) is 2.90. The molecular weight excluding hydrogens is 218 g/mol.